The topological polar surface area (TPSA) is 124 Å². The number of nitrogens with one attached hydrogen (secondary N) is 5. The van der Waals surface area contributed by atoms with Crippen molar-refractivity contribution in [3.8, 4) is 0 Å². The molecule has 9 nitrogen and oxygen atoms in total. The SMILES string of the molecule is NCCCNCc1ccc(N2C=C3C=C(c4ccc(C(=O)NC5CCNCC5)cc4)NC3NC2=O)cc1. The van der Waals surface area contributed by atoms with Crippen molar-refractivity contribution in [2.75, 3.05) is 31.1 Å². The quantitative estimate of drug-likeness (QED) is 0.292. The van der Waals surface area contributed by atoms with Crippen LogP contribution in [0.25, 0.3) is 5.70 Å². The first kappa shape index (κ1) is 25.0. The minimum atomic E-state index is -0.285. The first-order valence-corrected chi connectivity index (χ1v) is 13.0. The van der Waals surface area contributed by atoms with E-state index in [1.165, 1.54) is 0 Å². The van der Waals surface area contributed by atoms with Crippen LogP contribution in [0, 0.1) is 0 Å². The van der Waals surface area contributed by atoms with E-state index in [4.69, 9.17) is 5.73 Å². The minimum Gasteiger partial charge on any atom is -0.361 e. The molecule has 2 aromatic rings. The van der Waals surface area contributed by atoms with Gasteiger partial charge in [0.2, 0.25) is 0 Å². The number of amides is 3. The standard InChI is InChI=1S/C28H35N7O2/c29-12-1-13-31-17-19-2-8-24(9-3-19)35-18-22-16-25(33-26(22)34-28(35)37)20-4-6-21(7-5-20)27(36)32-23-10-14-30-15-11-23/h2-9,16,18,23,26,30-31,33H,1,10-15,17,29H2,(H,32,36)(H,34,37). The van der Waals surface area contributed by atoms with Crippen LogP contribution in [0.15, 0.2) is 66.4 Å². The molecule has 0 radical (unpaired) electrons. The highest BCUT2D eigenvalue weighted by atomic mass is 16.2. The summed E-state index contributed by atoms with van der Waals surface area (Å²) in [6.45, 7) is 4.21. The van der Waals surface area contributed by atoms with Crippen LogP contribution < -0.4 is 37.2 Å². The van der Waals surface area contributed by atoms with Gasteiger partial charge >= 0.3 is 6.03 Å². The molecule has 2 aromatic carbocycles. The molecular weight excluding hydrogens is 466 g/mol. The number of hydrogen-bond acceptors (Lipinski definition) is 6. The Hall–Kier alpha value is -3.66. The summed E-state index contributed by atoms with van der Waals surface area (Å²) < 4.78 is 0. The molecule has 9 heteroatoms. The molecule has 5 rings (SSSR count). The van der Waals surface area contributed by atoms with Crippen LogP contribution in [-0.4, -0.2) is 50.3 Å². The fraction of sp³-hybridized carbons (Fsp3) is 0.357. The van der Waals surface area contributed by atoms with Gasteiger partial charge in [-0.1, -0.05) is 24.3 Å². The molecule has 1 atom stereocenters. The third-order valence-electron chi connectivity index (χ3n) is 6.94. The summed E-state index contributed by atoms with van der Waals surface area (Å²) in [7, 11) is 0. The number of carbonyl (C=O) groups is 2. The van der Waals surface area contributed by atoms with E-state index < -0.39 is 0 Å². The fourth-order valence-electron chi connectivity index (χ4n) is 4.79. The lowest BCUT2D eigenvalue weighted by molar-refractivity contribution is 0.0929. The fourth-order valence-corrected chi connectivity index (χ4v) is 4.79. The van der Waals surface area contributed by atoms with E-state index in [2.05, 4.69) is 26.6 Å². The van der Waals surface area contributed by atoms with E-state index in [9.17, 15) is 9.59 Å². The molecular formula is C28H35N7O2. The second-order valence-corrected chi connectivity index (χ2v) is 9.64. The predicted molar refractivity (Wildman–Crippen MR) is 146 cm³/mol. The average molecular weight is 502 g/mol. The Morgan fingerprint density at radius 2 is 1.78 bits per heavy atom. The molecule has 0 aromatic heterocycles. The molecule has 3 aliphatic heterocycles. The maximum absolute atomic E-state index is 12.8. The summed E-state index contributed by atoms with van der Waals surface area (Å²) in [5, 5.41) is 16.2. The zero-order chi connectivity index (χ0) is 25.6. The summed E-state index contributed by atoms with van der Waals surface area (Å²) >= 11 is 0. The zero-order valence-corrected chi connectivity index (χ0v) is 20.9. The molecule has 3 heterocycles. The third-order valence-corrected chi connectivity index (χ3v) is 6.94. The van der Waals surface area contributed by atoms with Crippen molar-refractivity contribution in [1.29, 1.82) is 0 Å². The van der Waals surface area contributed by atoms with Crippen LogP contribution >= 0.6 is 0 Å². The van der Waals surface area contributed by atoms with E-state index in [0.717, 1.165) is 73.5 Å². The Morgan fingerprint density at radius 3 is 2.51 bits per heavy atom. The van der Waals surface area contributed by atoms with Crippen molar-refractivity contribution in [2.45, 2.75) is 38.0 Å². The summed E-state index contributed by atoms with van der Waals surface area (Å²) in [6.07, 6.45) is 6.48. The largest absolute Gasteiger partial charge is 0.361 e. The zero-order valence-electron chi connectivity index (χ0n) is 20.9. The lowest BCUT2D eigenvalue weighted by Crippen LogP contribution is -2.51. The molecule has 1 unspecified atom stereocenters. The number of anilines is 1. The molecule has 1 fully saturated rings. The van der Waals surface area contributed by atoms with Gasteiger partial charge in [-0.2, -0.15) is 0 Å². The Labute approximate surface area is 217 Å². The van der Waals surface area contributed by atoms with Gasteiger partial charge in [-0.15, -0.1) is 0 Å². The molecule has 0 saturated carbocycles. The lowest BCUT2D eigenvalue weighted by Gasteiger charge is -2.29. The van der Waals surface area contributed by atoms with Gasteiger partial charge in [-0.3, -0.25) is 9.69 Å². The van der Waals surface area contributed by atoms with E-state index >= 15 is 0 Å². The lowest BCUT2D eigenvalue weighted by atomic mass is 10.0. The van der Waals surface area contributed by atoms with Crippen molar-refractivity contribution in [3.63, 3.8) is 0 Å². The van der Waals surface area contributed by atoms with Gasteiger partial charge in [-0.25, -0.2) is 4.79 Å². The van der Waals surface area contributed by atoms with E-state index in [1.807, 2.05) is 60.8 Å². The molecule has 3 amide bonds. The molecule has 37 heavy (non-hydrogen) atoms. The van der Waals surface area contributed by atoms with E-state index in [-0.39, 0.29) is 24.1 Å². The van der Waals surface area contributed by atoms with Crippen LogP contribution in [0.1, 0.15) is 40.7 Å². The Kier molecular flexibility index (Phi) is 7.84. The normalized spacial score (nSPS) is 19.4. The molecule has 0 bridgehead atoms. The molecule has 194 valence electrons. The molecule has 1 saturated heterocycles. The predicted octanol–water partition coefficient (Wildman–Crippen LogP) is 1.99. The van der Waals surface area contributed by atoms with Crippen molar-refractivity contribution < 1.29 is 9.59 Å². The molecule has 0 spiro atoms. The molecule has 7 N–H and O–H groups in total. The highest BCUT2D eigenvalue weighted by Gasteiger charge is 2.31. The van der Waals surface area contributed by atoms with Crippen molar-refractivity contribution >= 4 is 23.3 Å². The van der Waals surface area contributed by atoms with Gasteiger partial charge in [-0.05, 0) is 86.9 Å². The number of carbonyl (C=O) groups excluding carboxylic acids is 2. The third kappa shape index (κ3) is 6.02. The Morgan fingerprint density at radius 1 is 1.03 bits per heavy atom. The summed E-state index contributed by atoms with van der Waals surface area (Å²) in [4.78, 5) is 27.1. The molecule has 0 aliphatic carbocycles. The summed E-state index contributed by atoms with van der Waals surface area (Å²) in [6, 6.07) is 15.6. The summed E-state index contributed by atoms with van der Waals surface area (Å²) in [5.41, 5.74) is 11.0. The number of hydrogen-bond donors (Lipinski definition) is 6. The second kappa shape index (κ2) is 11.6. The highest BCUT2D eigenvalue weighted by Crippen LogP contribution is 2.28. The van der Waals surface area contributed by atoms with Gasteiger partial charge in [0.1, 0.15) is 6.17 Å². The first-order valence-electron chi connectivity index (χ1n) is 13.0. The summed E-state index contributed by atoms with van der Waals surface area (Å²) in [5.74, 6) is -0.0385. The van der Waals surface area contributed by atoms with Gasteiger partial charge in [0.15, 0.2) is 0 Å². The Balaban J connectivity index is 1.23. The van der Waals surface area contributed by atoms with Gasteiger partial charge in [0.05, 0.1) is 5.69 Å². The average Bonchev–Trinajstić information content (AvgIpc) is 3.34. The van der Waals surface area contributed by atoms with Crippen LogP contribution in [0.4, 0.5) is 10.5 Å². The van der Waals surface area contributed by atoms with Crippen molar-refractivity contribution in [1.82, 2.24) is 26.6 Å². The maximum atomic E-state index is 12.8. The van der Waals surface area contributed by atoms with Gasteiger partial charge < -0.3 is 32.3 Å². The Bertz CT molecular complexity index is 1170. The van der Waals surface area contributed by atoms with Crippen molar-refractivity contribution in [3.05, 3.63) is 83.1 Å². The molecule has 3 aliphatic rings. The number of piperidine rings is 1. The van der Waals surface area contributed by atoms with E-state index in [0.29, 0.717) is 12.1 Å². The van der Waals surface area contributed by atoms with Crippen LogP contribution in [0.3, 0.4) is 0 Å². The van der Waals surface area contributed by atoms with E-state index in [1.54, 1.807) is 4.90 Å². The van der Waals surface area contributed by atoms with Gasteiger partial charge in [0, 0.05) is 35.6 Å². The van der Waals surface area contributed by atoms with Gasteiger partial charge in [0.25, 0.3) is 5.91 Å². The number of rotatable bonds is 9. The number of urea groups is 1. The van der Waals surface area contributed by atoms with Crippen LogP contribution in [0.5, 0.6) is 0 Å². The number of fused-ring (bicyclic) bond motifs is 1. The smallest absolute Gasteiger partial charge is 0.327 e. The monoisotopic (exact) mass is 501 g/mol. The first-order chi connectivity index (χ1) is 18.1. The second-order valence-electron chi connectivity index (χ2n) is 9.64. The number of nitrogens with two attached hydrogens (primary N) is 1. The van der Waals surface area contributed by atoms with Crippen LogP contribution in [-0.2, 0) is 6.54 Å². The highest BCUT2D eigenvalue weighted by molar-refractivity contribution is 5.97. The van der Waals surface area contributed by atoms with Crippen molar-refractivity contribution in [2.24, 2.45) is 5.73 Å². The van der Waals surface area contributed by atoms with Crippen LogP contribution in [0.2, 0.25) is 0 Å². The maximum Gasteiger partial charge on any atom is 0.327 e. The number of nitrogens with zero attached hydrogens (tertiary/aromatic N) is 1. The minimum absolute atomic E-state index is 0.0385. The number of benzene rings is 2.